The molecule has 0 saturated carbocycles. The minimum absolute atomic E-state index is 0.457. The molecule has 2 rings (SSSR count). The predicted molar refractivity (Wildman–Crippen MR) is 79.3 cm³/mol. The van der Waals surface area contributed by atoms with Crippen molar-refractivity contribution in [1.29, 1.82) is 0 Å². The van der Waals surface area contributed by atoms with Crippen molar-refractivity contribution in [3.05, 3.63) is 29.8 Å². The summed E-state index contributed by atoms with van der Waals surface area (Å²) in [6.45, 7) is 4.63. The average Bonchev–Trinajstić information content (AvgIpc) is 2.45. The molecule has 1 heterocycles. The molecule has 0 aliphatic carbocycles. The molecule has 4 heteroatoms. The van der Waals surface area contributed by atoms with Crippen LogP contribution in [-0.2, 0) is 4.74 Å². The molecular formula is C16H25NO3. The Morgan fingerprint density at radius 2 is 2.25 bits per heavy atom. The number of nitrogens with one attached hydrogen (secondary N) is 1. The quantitative estimate of drug-likeness (QED) is 0.801. The molecule has 0 saturated heterocycles. The van der Waals surface area contributed by atoms with Gasteiger partial charge in [-0.1, -0.05) is 18.2 Å². The molecule has 0 fully saturated rings. The summed E-state index contributed by atoms with van der Waals surface area (Å²) in [6, 6.07) is 8.21. The third kappa shape index (κ3) is 4.20. The Labute approximate surface area is 121 Å². The fourth-order valence-corrected chi connectivity index (χ4v) is 2.55. The summed E-state index contributed by atoms with van der Waals surface area (Å²) in [5, 5.41) is 13.6. The van der Waals surface area contributed by atoms with Crippen molar-refractivity contribution in [3.63, 3.8) is 0 Å². The van der Waals surface area contributed by atoms with Gasteiger partial charge < -0.3 is 19.9 Å². The monoisotopic (exact) mass is 279 g/mol. The zero-order valence-corrected chi connectivity index (χ0v) is 12.4. The second kappa shape index (κ2) is 7.07. The minimum Gasteiger partial charge on any atom is -0.493 e. The van der Waals surface area contributed by atoms with E-state index in [0.29, 0.717) is 25.5 Å². The summed E-state index contributed by atoms with van der Waals surface area (Å²) >= 11 is 0. The number of benzene rings is 1. The summed E-state index contributed by atoms with van der Waals surface area (Å²) in [5.41, 5.74) is 0.545. The molecular weight excluding hydrogens is 254 g/mol. The van der Waals surface area contributed by atoms with Crippen LogP contribution in [0.15, 0.2) is 24.3 Å². The van der Waals surface area contributed by atoms with E-state index in [-0.39, 0.29) is 0 Å². The van der Waals surface area contributed by atoms with Gasteiger partial charge in [0, 0.05) is 39.1 Å². The maximum absolute atomic E-state index is 10.2. The second-order valence-corrected chi connectivity index (χ2v) is 5.74. The van der Waals surface area contributed by atoms with E-state index >= 15 is 0 Å². The van der Waals surface area contributed by atoms with Crippen molar-refractivity contribution < 1.29 is 14.6 Å². The van der Waals surface area contributed by atoms with Gasteiger partial charge in [-0.25, -0.2) is 0 Å². The number of aliphatic hydroxyl groups is 1. The molecule has 112 valence electrons. The average molecular weight is 279 g/mol. The number of para-hydroxylation sites is 1. The maximum Gasteiger partial charge on any atom is 0.122 e. The molecule has 0 aromatic heterocycles. The number of methoxy groups -OCH3 is 1. The number of rotatable bonds is 7. The number of fused-ring (bicyclic) bond motifs is 1. The lowest BCUT2D eigenvalue weighted by Crippen LogP contribution is -2.40. The fraction of sp³-hybridized carbons (Fsp3) is 0.625. The van der Waals surface area contributed by atoms with Gasteiger partial charge in [0.25, 0.3) is 0 Å². The van der Waals surface area contributed by atoms with E-state index in [1.807, 2.05) is 19.1 Å². The number of hydrogen-bond donors (Lipinski definition) is 2. The first-order valence-corrected chi connectivity index (χ1v) is 7.26. The lowest BCUT2D eigenvalue weighted by atomic mass is 9.92. The topological polar surface area (TPSA) is 50.7 Å². The normalized spacial score (nSPS) is 20.9. The highest BCUT2D eigenvalue weighted by molar-refractivity contribution is 5.37. The molecule has 0 bridgehead atoms. The Hall–Kier alpha value is -1.10. The van der Waals surface area contributed by atoms with Gasteiger partial charge in [-0.2, -0.15) is 0 Å². The van der Waals surface area contributed by atoms with Gasteiger partial charge in [0.05, 0.1) is 12.2 Å². The predicted octanol–water partition coefficient (Wildman–Crippen LogP) is 1.93. The van der Waals surface area contributed by atoms with Crippen LogP contribution in [0.2, 0.25) is 0 Å². The van der Waals surface area contributed by atoms with Gasteiger partial charge in [-0.15, -0.1) is 0 Å². The first-order chi connectivity index (χ1) is 9.62. The highest BCUT2D eigenvalue weighted by atomic mass is 16.5. The lowest BCUT2D eigenvalue weighted by Gasteiger charge is -2.28. The summed E-state index contributed by atoms with van der Waals surface area (Å²) in [6.07, 6.45) is 1.66. The second-order valence-electron chi connectivity index (χ2n) is 5.74. The van der Waals surface area contributed by atoms with E-state index < -0.39 is 5.60 Å². The van der Waals surface area contributed by atoms with E-state index in [2.05, 4.69) is 17.4 Å². The molecule has 4 nitrogen and oxygen atoms in total. The van der Waals surface area contributed by atoms with Crippen molar-refractivity contribution in [1.82, 2.24) is 5.32 Å². The van der Waals surface area contributed by atoms with E-state index in [1.54, 1.807) is 7.11 Å². The highest BCUT2D eigenvalue weighted by Gasteiger charge is 2.23. The van der Waals surface area contributed by atoms with Crippen LogP contribution in [-0.4, -0.2) is 44.1 Å². The first-order valence-electron chi connectivity index (χ1n) is 7.26. The van der Waals surface area contributed by atoms with Crippen molar-refractivity contribution >= 4 is 0 Å². The Kier molecular flexibility index (Phi) is 5.40. The van der Waals surface area contributed by atoms with Gasteiger partial charge >= 0.3 is 0 Å². The van der Waals surface area contributed by atoms with Gasteiger partial charge in [0.1, 0.15) is 5.75 Å². The molecule has 2 atom stereocenters. The van der Waals surface area contributed by atoms with Crippen LogP contribution in [0.3, 0.4) is 0 Å². The zero-order chi connectivity index (χ0) is 14.4. The van der Waals surface area contributed by atoms with Crippen LogP contribution in [0, 0.1) is 0 Å². The van der Waals surface area contributed by atoms with E-state index in [9.17, 15) is 5.11 Å². The molecule has 0 radical (unpaired) electrons. The number of ether oxygens (including phenoxy) is 2. The molecule has 0 spiro atoms. The summed E-state index contributed by atoms with van der Waals surface area (Å²) in [4.78, 5) is 0. The van der Waals surface area contributed by atoms with E-state index in [4.69, 9.17) is 9.47 Å². The molecule has 2 unspecified atom stereocenters. The van der Waals surface area contributed by atoms with E-state index in [0.717, 1.165) is 25.3 Å². The van der Waals surface area contributed by atoms with Gasteiger partial charge in [0.15, 0.2) is 0 Å². The van der Waals surface area contributed by atoms with Crippen molar-refractivity contribution in [2.45, 2.75) is 31.3 Å². The van der Waals surface area contributed by atoms with Gasteiger partial charge in [-0.3, -0.25) is 0 Å². The molecule has 20 heavy (non-hydrogen) atoms. The molecule has 1 aromatic rings. The highest BCUT2D eigenvalue weighted by Crippen LogP contribution is 2.32. The van der Waals surface area contributed by atoms with Gasteiger partial charge in [0.2, 0.25) is 0 Å². The Morgan fingerprint density at radius 1 is 1.45 bits per heavy atom. The van der Waals surface area contributed by atoms with Crippen molar-refractivity contribution in [2.24, 2.45) is 0 Å². The maximum atomic E-state index is 10.2. The van der Waals surface area contributed by atoms with Crippen LogP contribution < -0.4 is 10.1 Å². The summed E-state index contributed by atoms with van der Waals surface area (Å²) in [7, 11) is 1.66. The molecule has 2 N–H and O–H groups in total. The first kappa shape index (κ1) is 15.3. The van der Waals surface area contributed by atoms with Crippen LogP contribution in [0.5, 0.6) is 5.75 Å². The zero-order valence-electron chi connectivity index (χ0n) is 12.4. The fourth-order valence-electron chi connectivity index (χ4n) is 2.55. The lowest BCUT2D eigenvalue weighted by molar-refractivity contribution is 0.0246. The Balaban J connectivity index is 1.83. The molecule has 1 aliphatic heterocycles. The molecule has 1 aromatic carbocycles. The van der Waals surface area contributed by atoms with E-state index in [1.165, 1.54) is 5.56 Å². The van der Waals surface area contributed by atoms with Gasteiger partial charge in [-0.05, 0) is 25.0 Å². The van der Waals surface area contributed by atoms with Crippen LogP contribution in [0.25, 0.3) is 0 Å². The SMILES string of the molecule is COCCC(C)(O)CNCC1CCOc2ccccc21. The smallest absolute Gasteiger partial charge is 0.122 e. The Morgan fingerprint density at radius 3 is 3.05 bits per heavy atom. The third-order valence-electron chi connectivity index (χ3n) is 3.82. The summed E-state index contributed by atoms with van der Waals surface area (Å²) < 4.78 is 10.7. The standard InChI is InChI=1S/C16H25NO3/c1-16(18,8-10-19-2)12-17-11-13-7-9-20-15-6-4-3-5-14(13)15/h3-6,13,17-18H,7-12H2,1-2H3. The third-order valence-corrected chi connectivity index (χ3v) is 3.82. The Bertz CT molecular complexity index is 420. The van der Waals surface area contributed by atoms with Crippen LogP contribution >= 0.6 is 0 Å². The summed E-state index contributed by atoms with van der Waals surface area (Å²) in [5.74, 6) is 1.45. The largest absolute Gasteiger partial charge is 0.493 e. The molecule has 0 amide bonds. The molecule has 1 aliphatic rings. The van der Waals surface area contributed by atoms with Crippen molar-refractivity contribution in [3.8, 4) is 5.75 Å². The van der Waals surface area contributed by atoms with Crippen LogP contribution in [0.4, 0.5) is 0 Å². The van der Waals surface area contributed by atoms with Crippen LogP contribution in [0.1, 0.15) is 31.2 Å². The number of hydrogen-bond acceptors (Lipinski definition) is 4. The minimum atomic E-state index is -0.722. The van der Waals surface area contributed by atoms with Crippen molar-refractivity contribution in [2.75, 3.05) is 33.4 Å².